The Morgan fingerprint density at radius 1 is 1.17 bits per heavy atom. The van der Waals surface area contributed by atoms with Crippen molar-refractivity contribution in [1.82, 2.24) is 9.80 Å². The Morgan fingerprint density at radius 2 is 1.83 bits per heavy atom. The van der Waals surface area contributed by atoms with Gasteiger partial charge in [-0.1, -0.05) is 19.8 Å². The summed E-state index contributed by atoms with van der Waals surface area (Å²) in [4.78, 5) is 16.1. The summed E-state index contributed by atoms with van der Waals surface area (Å²) in [6, 6.07) is 0.425. The Hall–Kier alpha value is -0.610. The smallest absolute Gasteiger partial charge is 0.236 e. The number of carbonyl (C=O) groups is 1. The van der Waals surface area contributed by atoms with Crippen LogP contribution >= 0.6 is 0 Å². The van der Waals surface area contributed by atoms with Crippen molar-refractivity contribution in [3.05, 3.63) is 0 Å². The van der Waals surface area contributed by atoms with Gasteiger partial charge in [0.05, 0.1) is 6.54 Å². The second-order valence-corrected chi connectivity index (χ2v) is 5.23. The van der Waals surface area contributed by atoms with E-state index in [0.717, 1.165) is 19.5 Å². The molecule has 0 fully saturated rings. The van der Waals surface area contributed by atoms with Gasteiger partial charge in [0, 0.05) is 19.6 Å². The summed E-state index contributed by atoms with van der Waals surface area (Å²) < 4.78 is 0. The van der Waals surface area contributed by atoms with Gasteiger partial charge in [0.2, 0.25) is 5.91 Å². The molecule has 0 spiro atoms. The van der Waals surface area contributed by atoms with Gasteiger partial charge in [-0.05, 0) is 39.8 Å². The van der Waals surface area contributed by atoms with Crippen molar-refractivity contribution in [3.8, 4) is 0 Å². The van der Waals surface area contributed by atoms with Crippen LogP contribution in [-0.2, 0) is 4.79 Å². The molecule has 0 aromatic rings. The van der Waals surface area contributed by atoms with Gasteiger partial charge in [0.1, 0.15) is 0 Å². The van der Waals surface area contributed by atoms with E-state index in [1.54, 1.807) is 4.90 Å². The molecule has 4 heteroatoms. The highest BCUT2D eigenvalue weighted by atomic mass is 16.2. The van der Waals surface area contributed by atoms with Gasteiger partial charge in [-0.25, -0.2) is 0 Å². The van der Waals surface area contributed by atoms with Gasteiger partial charge in [-0.15, -0.1) is 0 Å². The van der Waals surface area contributed by atoms with E-state index in [0.29, 0.717) is 19.1 Å². The van der Waals surface area contributed by atoms with Crippen molar-refractivity contribution in [2.24, 2.45) is 5.73 Å². The number of rotatable bonds is 10. The number of nitrogens with two attached hydrogens (primary N) is 1. The molecule has 108 valence electrons. The monoisotopic (exact) mass is 257 g/mol. The first-order chi connectivity index (χ1) is 8.52. The van der Waals surface area contributed by atoms with E-state index in [1.165, 1.54) is 19.3 Å². The van der Waals surface area contributed by atoms with Gasteiger partial charge < -0.3 is 10.6 Å². The topological polar surface area (TPSA) is 49.6 Å². The van der Waals surface area contributed by atoms with Gasteiger partial charge in [-0.3, -0.25) is 9.69 Å². The first-order valence-electron chi connectivity index (χ1n) is 7.21. The number of amides is 1. The Kier molecular flexibility index (Phi) is 9.98. The van der Waals surface area contributed by atoms with Crippen molar-refractivity contribution >= 4 is 5.91 Å². The summed E-state index contributed by atoms with van der Waals surface area (Å²) in [6.45, 7) is 9.45. The summed E-state index contributed by atoms with van der Waals surface area (Å²) in [6.07, 6.45) is 4.50. The van der Waals surface area contributed by atoms with Crippen LogP contribution in [0.1, 0.15) is 46.5 Å². The lowest BCUT2D eigenvalue weighted by Crippen LogP contribution is -2.42. The maximum absolute atomic E-state index is 12.0. The van der Waals surface area contributed by atoms with Crippen LogP contribution in [0.25, 0.3) is 0 Å². The summed E-state index contributed by atoms with van der Waals surface area (Å²) >= 11 is 0. The molecule has 4 nitrogen and oxygen atoms in total. The molecule has 0 aromatic carbocycles. The van der Waals surface area contributed by atoms with Crippen LogP contribution in [0.15, 0.2) is 0 Å². The van der Waals surface area contributed by atoms with E-state index in [9.17, 15) is 4.79 Å². The molecule has 0 aromatic heterocycles. The molecule has 0 heterocycles. The van der Waals surface area contributed by atoms with Crippen molar-refractivity contribution in [3.63, 3.8) is 0 Å². The fourth-order valence-electron chi connectivity index (χ4n) is 1.83. The second-order valence-electron chi connectivity index (χ2n) is 5.23. The molecule has 0 radical (unpaired) electrons. The fraction of sp³-hybridized carbons (Fsp3) is 0.929. The van der Waals surface area contributed by atoms with Crippen LogP contribution in [0.4, 0.5) is 0 Å². The molecule has 0 saturated heterocycles. The molecule has 0 aliphatic carbocycles. The zero-order valence-electron chi connectivity index (χ0n) is 12.6. The molecule has 1 amide bonds. The molecule has 18 heavy (non-hydrogen) atoms. The fourth-order valence-corrected chi connectivity index (χ4v) is 1.83. The SMILES string of the molecule is CCCCCN(CC(=O)N(C)CCCN)C(C)C. The van der Waals surface area contributed by atoms with E-state index in [4.69, 9.17) is 5.73 Å². The highest BCUT2D eigenvalue weighted by Crippen LogP contribution is 2.04. The predicted octanol–water partition coefficient (Wildman–Crippen LogP) is 1.69. The van der Waals surface area contributed by atoms with E-state index in [1.807, 2.05) is 7.05 Å². The van der Waals surface area contributed by atoms with Crippen molar-refractivity contribution in [1.29, 1.82) is 0 Å². The molecule has 0 aliphatic rings. The number of nitrogens with zero attached hydrogens (tertiary/aromatic N) is 2. The predicted molar refractivity (Wildman–Crippen MR) is 77.5 cm³/mol. The summed E-state index contributed by atoms with van der Waals surface area (Å²) in [5.74, 6) is 0.202. The standard InChI is InChI=1S/C14H31N3O/c1-5-6-7-11-17(13(2)3)12-14(18)16(4)10-8-9-15/h13H,5-12,15H2,1-4H3. The highest BCUT2D eigenvalue weighted by molar-refractivity contribution is 5.78. The minimum Gasteiger partial charge on any atom is -0.345 e. The third-order valence-electron chi connectivity index (χ3n) is 3.24. The maximum atomic E-state index is 12.0. The number of hydrogen-bond acceptors (Lipinski definition) is 3. The van der Waals surface area contributed by atoms with Gasteiger partial charge in [-0.2, -0.15) is 0 Å². The highest BCUT2D eigenvalue weighted by Gasteiger charge is 2.16. The molecule has 0 rings (SSSR count). The average molecular weight is 257 g/mol. The molecule has 0 unspecified atom stereocenters. The van der Waals surface area contributed by atoms with E-state index >= 15 is 0 Å². The third kappa shape index (κ3) is 7.67. The van der Waals surface area contributed by atoms with Crippen LogP contribution < -0.4 is 5.73 Å². The zero-order valence-corrected chi connectivity index (χ0v) is 12.6. The van der Waals surface area contributed by atoms with E-state index < -0.39 is 0 Å². The molecule has 2 N–H and O–H groups in total. The molecular formula is C14H31N3O. The lowest BCUT2D eigenvalue weighted by Gasteiger charge is -2.28. The summed E-state index contributed by atoms with van der Waals surface area (Å²) in [7, 11) is 1.86. The van der Waals surface area contributed by atoms with E-state index in [-0.39, 0.29) is 5.91 Å². The Labute approximate surface area is 113 Å². The molecule has 0 atom stereocenters. The number of unbranched alkanes of at least 4 members (excludes halogenated alkanes) is 2. The van der Waals surface area contributed by atoms with Crippen molar-refractivity contribution < 1.29 is 4.79 Å². The second kappa shape index (κ2) is 10.3. The molecule has 0 saturated carbocycles. The first-order valence-corrected chi connectivity index (χ1v) is 7.21. The molecule has 0 bridgehead atoms. The number of likely N-dealkylation sites (N-methyl/N-ethyl adjacent to an activating group) is 1. The first kappa shape index (κ1) is 17.4. The number of carbonyl (C=O) groups excluding carboxylic acids is 1. The molecular weight excluding hydrogens is 226 g/mol. The van der Waals surface area contributed by atoms with Gasteiger partial charge in [0.25, 0.3) is 0 Å². The lowest BCUT2D eigenvalue weighted by atomic mass is 10.2. The van der Waals surface area contributed by atoms with Crippen molar-refractivity contribution in [2.45, 2.75) is 52.5 Å². The minimum atomic E-state index is 0.202. The number of hydrogen-bond donors (Lipinski definition) is 1. The minimum absolute atomic E-state index is 0.202. The molecule has 0 aliphatic heterocycles. The summed E-state index contributed by atoms with van der Waals surface area (Å²) in [5.41, 5.74) is 5.46. The van der Waals surface area contributed by atoms with Gasteiger partial charge >= 0.3 is 0 Å². The lowest BCUT2D eigenvalue weighted by molar-refractivity contribution is -0.131. The third-order valence-corrected chi connectivity index (χ3v) is 3.24. The maximum Gasteiger partial charge on any atom is 0.236 e. The van der Waals surface area contributed by atoms with Crippen LogP contribution in [0.3, 0.4) is 0 Å². The van der Waals surface area contributed by atoms with Crippen molar-refractivity contribution in [2.75, 3.05) is 33.2 Å². The Morgan fingerprint density at radius 3 is 2.33 bits per heavy atom. The zero-order chi connectivity index (χ0) is 14.0. The summed E-state index contributed by atoms with van der Waals surface area (Å²) in [5, 5.41) is 0. The largest absolute Gasteiger partial charge is 0.345 e. The normalized spacial score (nSPS) is 11.3. The van der Waals surface area contributed by atoms with E-state index in [2.05, 4.69) is 25.7 Å². The Balaban J connectivity index is 4.09. The van der Waals surface area contributed by atoms with Crippen LogP contribution in [-0.4, -0.2) is 55.0 Å². The Bertz CT molecular complexity index is 219. The van der Waals surface area contributed by atoms with Crippen LogP contribution in [0.5, 0.6) is 0 Å². The average Bonchev–Trinajstić information content (AvgIpc) is 2.34. The van der Waals surface area contributed by atoms with Crippen LogP contribution in [0.2, 0.25) is 0 Å². The van der Waals surface area contributed by atoms with Gasteiger partial charge in [0.15, 0.2) is 0 Å². The van der Waals surface area contributed by atoms with Crippen LogP contribution in [0, 0.1) is 0 Å². The quantitative estimate of drug-likeness (QED) is 0.606.